The summed E-state index contributed by atoms with van der Waals surface area (Å²) in [6.45, 7) is 3.04. The summed E-state index contributed by atoms with van der Waals surface area (Å²) in [6.07, 6.45) is -2.88. The summed E-state index contributed by atoms with van der Waals surface area (Å²) in [5.41, 5.74) is 2.08. The van der Waals surface area contributed by atoms with E-state index in [1.54, 1.807) is 0 Å². The zero-order chi connectivity index (χ0) is 27.5. The molecule has 1 saturated heterocycles. The number of alkyl halides is 3. The third-order valence-electron chi connectivity index (χ3n) is 7.24. The van der Waals surface area contributed by atoms with Crippen LogP contribution in [-0.4, -0.2) is 60.5 Å². The highest BCUT2D eigenvalue weighted by molar-refractivity contribution is 7.91. The van der Waals surface area contributed by atoms with E-state index in [1.165, 1.54) is 24.8 Å². The molecule has 1 aliphatic heterocycles. The van der Waals surface area contributed by atoms with E-state index in [9.17, 15) is 36.6 Å². The molecule has 3 N–H and O–H groups in total. The Kier molecular flexibility index (Phi) is 8.81. The van der Waals surface area contributed by atoms with Crippen LogP contribution in [0.25, 0.3) is 0 Å². The number of likely N-dealkylation sites (tertiary alicyclic amines) is 1. The fourth-order valence-corrected chi connectivity index (χ4v) is 6.62. The Labute approximate surface area is 220 Å². The van der Waals surface area contributed by atoms with E-state index >= 15 is 0 Å². The number of aliphatic hydroxyl groups excluding tert-OH is 2. The molecule has 208 valence electrons. The van der Waals surface area contributed by atoms with Crippen LogP contribution in [0.3, 0.4) is 0 Å². The largest absolute Gasteiger partial charge is 0.416 e. The Bertz CT molecular complexity index is 1250. The number of carbonyl (C=O) groups is 1. The van der Waals surface area contributed by atoms with Gasteiger partial charge in [0.15, 0.2) is 15.9 Å². The maximum Gasteiger partial charge on any atom is 0.416 e. The molecular formula is C27H33F3N2O5S. The number of piperidine rings is 1. The second-order valence-electron chi connectivity index (χ2n) is 10.1. The number of carbonyl (C=O) groups excluding carboxylic acids is 1. The van der Waals surface area contributed by atoms with Crippen molar-refractivity contribution in [2.75, 3.05) is 18.8 Å². The summed E-state index contributed by atoms with van der Waals surface area (Å²) >= 11 is 0. The molecule has 7 nitrogen and oxygen atoms in total. The number of sulfone groups is 1. The maximum absolute atomic E-state index is 13.0. The molecule has 0 unspecified atom stereocenters. The average Bonchev–Trinajstić information content (AvgIpc) is 2.88. The van der Waals surface area contributed by atoms with Crippen LogP contribution in [0.15, 0.2) is 47.4 Å². The van der Waals surface area contributed by atoms with Crippen molar-refractivity contribution in [2.45, 2.75) is 74.4 Å². The molecule has 4 rings (SSSR count). The fourth-order valence-electron chi connectivity index (χ4n) is 5.20. The summed E-state index contributed by atoms with van der Waals surface area (Å²) in [7, 11) is -4.41. The average molecular weight is 555 g/mol. The first kappa shape index (κ1) is 28.5. The SMILES string of the molecule is O=C(N[C@@H]1CCCc2cc(CN3CCCCC3)ccc21)[C@H](O)[C@H](O)CS(=O)(=O)c1cccc(C(F)(F)F)c1. The second kappa shape index (κ2) is 11.7. The summed E-state index contributed by atoms with van der Waals surface area (Å²) in [4.78, 5) is 14.5. The fraction of sp³-hybridized carbons (Fsp3) is 0.519. The molecular weight excluding hydrogens is 521 g/mol. The summed E-state index contributed by atoms with van der Waals surface area (Å²) in [5, 5.41) is 23.4. The van der Waals surface area contributed by atoms with Gasteiger partial charge in [-0.1, -0.05) is 30.7 Å². The van der Waals surface area contributed by atoms with Gasteiger partial charge in [0.1, 0.15) is 6.10 Å². The van der Waals surface area contributed by atoms with Crippen LogP contribution in [0.1, 0.15) is 60.4 Å². The Morgan fingerprint density at radius 3 is 2.50 bits per heavy atom. The van der Waals surface area contributed by atoms with Gasteiger partial charge in [-0.2, -0.15) is 13.2 Å². The number of nitrogens with one attached hydrogen (secondary N) is 1. The van der Waals surface area contributed by atoms with Gasteiger partial charge in [0.2, 0.25) is 0 Å². The zero-order valence-electron chi connectivity index (χ0n) is 21.0. The molecule has 0 aromatic heterocycles. The first-order valence-corrected chi connectivity index (χ1v) is 14.5. The topological polar surface area (TPSA) is 107 Å². The number of hydrogen-bond acceptors (Lipinski definition) is 6. The first-order chi connectivity index (χ1) is 17.9. The van der Waals surface area contributed by atoms with Gasteiger partial charge in [-0.25, -0.2) is 8.42 Å². The molecule has 1 amide bonds. The lowest BCUT2D eigenvalue weighted by atomic mass is 9.86. The van der Waals surface area contributed by atoms with E-state index < -0.39 is 56.4 Å². The predicted molar refractivity (Wildman–Crippen MR) is 135 cm³/mol. The molecule has 11 heteroatoms. The van der Waals surface area contributed by atoms with Gasteiger partial charge in [0.05, 0.1) is 22.3 Å². The molecule has 1 fully saturated rings. The van der Waals surface area contributed by atoms with Crippen LogP contribution < -0.4 is 5.32 Å². The number of amides is 1. The van der Waals surface area contributed by atoms with Crippen molar-refractivity contribution in [3.8, 4) is 0 Å². The Morgan fingerprint density at radius 1 is 1.05 bits per heavy atom. The smallest absolute Gasteiger partial charge is 0.389 e. The summed E-state index contributed by atoms with van der Waals surface area (Å²) < 4.78 is 64.1. The van der Waals surface area contributed by atoms with Crippen molar-refractivity contribution >= 4 is 15.7 Å². The molecule has 1 aliphatic carbocycles. The Balaban J connectivity index is 1.39. The minimum absolute atomic E-state index is 0.405. The molecule has 0 bridgehead atoms. The summed E-state index contributed by atoms with van der Waals surface area (Å²) in [5.74, 6) is -2.05. The molecule has 2 aromatic rings. The number of fused-ring (bicyclic) bond motifs is 1. The highest BCUT2D eigenvalue weighted by Crippen LogP contribution is 2.32. The van der Waals surface area contributed by atoms with Crippen LogP contribution >= 0.6 is 0 Å². The van der Waals surface area contributed by atoms with E-state index in [4.69, 9.17) is 0 Å². The standard InChI is InChI=1S/C27H33F3N2O5S/c28-27(29,30)20-7-5-8-21(15-20)38(36,37)17-24(33)25(34)26(35)31-23-9-4-6-19-14-18(10-11-22(19)23)16-32-12-2-1-3-13-32/h5,7-8,10-11,14-15,23-25,33-34H,1-4,6,9,12-13,16-17H2,(H,31,35)/t23-,24-,25-/m1/s1. The van der Waals surface area contributed by atoms with E-state index in [2.05, 4.69) is 16.3 Å². The predicted octanol–water partition coefficient (Wildman–Crippen LogP) is 3.38. The lowest BCUT2D eigenvalue weighted by molar-refractivity contribution is -0.137. The number of halogens is 3. The number of aryl methyl sites for hydroxylation is 1. The van der Waals surface area contributed by atoms with Crippen molar-refractivity contribution in [1.82, 2.24) is 10.2 Å². The van der Waals surface area contributed by atoms with Gasteiger partial charge in [0, 0.05) is 6.54 Å². The van der Waals surface area contributed by atoms with Gasteiger partial charge in [-0.15, -0.1) is 0 Å². The summed E-state index contributed by atoms with van der Waals surface area (Å²) in [6, 6.07) is 8.87. The van der Waals surface area contributed by atoms with E-state index in [0.717, 1.165) is 61.8 Å². The molecule has 0 spiro atoms. The number of benzene rings is 2. The normalized spacial score (nSPS) is 20.4. The van der Waals surface area contributed by atoms with E-state index in [1.807, 2.05) is 12.1 Å². The minimum Gasteiger partial charge on any atom is -0.389 e. The quantitative estimate of drug-likeness (QED) is 0.462. The van der Waals surface area contributed by atoms with Gasteiger partial charge in [-0.05, 0) is 80.1 Å². The number of nitrogens with zero attached hydrogens (tertiary/aromatic N) is 1. The van der Waals surface area contributed by atoms with E-state index in [-0.39, 0.29) is 0 Å². The molecule has 3 atom stereocenters. The van der Waals surface area contributed by atoms with E-state index in [0.29, 0.717) is 12.5 Å². The van der Waals surface area contributed by atoms with Crippen LogP contribution in [0.4, 0.5) is 13.2 Å². The number of hydrogen-bond donors (Lipinski definition) is 3. The first-order valence-electron chi connectivity index (χ1n) is 12.8. The lowest BCUT2D eigenvalue weighted by Gasteiger charge is -2.30. The van der Waals surface area contributed by atoms with Crippen molar-refractivity contribution in [1.29, 1.82) is 0 Å². The van der Waals surface area contributed by atoms with Crippen LogP contribution in [-0.2, 0) is 33.8 Å². The number of rotatable bonds is 8. The molecule has 38 heavy (non-hydrogen) atoms. The van der Waals surface area contributed by atoms with Crippen LogP contribution in [0.5, 0.6) is 0 Å². The molecule has 0 saturated carbocycles. The zero-order valence-corrected chi connectivity index (χ0v) is 21.8. The van der Waals surface area contributed by atoms with Crippen molar-refractivity contribution in [3.05, 3.63) is 64.7 Å². The molecule has 0 radical (unpaired) electrons. The molecule has 2 aromatic carbocycles. The third kappa shape index (κ3) is 6.93. The maximum atomic E-state index is 13.0. The molecule has 2 aliphatic rings. The van der Waals surface area contributed by atoms with Crippen molar-refractivity contribution in [3.63, 3.8) is 0 Å². The third-order valence-corrected chi connectivity index (χ3v) is 8.99. The second-order valence-corrected chi connectivity index (χ2v) is 12.2. The minimum atomic E-state index is -4.74. The molecule has 1 heterocycles. The lowest BCUT2D eigenvalue weighted by Crippen LogP contribution is -2.46. The van der Waals surface area contributed by atoms with Crippen molar-refractivity contribution in [2.24, 2.45) is 0 Å². The van der Waals surface area contributed by atoms with Crippen molar-refractivity contribution < 1.29 is 36.6 Å². The monoisotopic (exact) mass is 554 g/mol. The van der Waals surface area contributed by atoms with Gasteiger partial charge in [0.25, 0.3) is 5.91 Å². The highest BCUT2D eigenvalue weighted by atomic mass is 32.2. The number of aliphatic hydroxyl groups is 2. The van der Waals surface area contributed by atoms with Gasteiger partial charge in [-0.3, -0.25) is 9.69 Å². The van der Waals surface area contributed by atoms with Gasteiger partial charge < -0.3 is 15.5 Å². The van der Waals surface area contributed by atoms with Gasteiger partial charge >= 0.3 is 6.18 Å². The Morgan fingerprint density at radius 2 is 1.79 bits per heavy atom. The Hall–Kier alpha value is -2.47. The highest BCUT2D eigenvalue weighted by Gasteiger charge is 2.34. The van der Waals surface area contributed by atoms with Crippen LogP contribution in [0.2, 0.25) is 0 Å². The van der Waals surface area contributed by atoms with Crippen LogP contribution in [0, 0.1) is 0 Å².